The van der Waals surface area contributed by atoms with Crippen molar-refractivity contribution in [1.82, 2.24) is 19.8 Å². The summed E-state index contributed by atoms with van der Waals surface area (Å²) in [5.41, 5.74) is 0.934. The summed E-state index contributed by atoms with van der Waals surface area (Å²) >= 11 is 1.20. The Balaban J connectivity index is 1.21. The topological polar surface area (TPSA) is 153 Å². The minimum atomic E-state index is -0.981. The average Bonchev–Trinajstić information content (AvgIpc) is 3.94. The summed E-state index contributed by atoms with van der Waals surface area (Å²) in [6.07, 6.45) is 0.866. The summed E-state index contributed by atoms with van der Waals surface area (Å²) < 4.78 is 51.0. The van der Waals surface area contributed by atoms with Gasteiger partial charge in [0.1, 0.15) is 40.8 Å². The van der Waals surface area contributed by atoms with Crippen LogP contribution in [0, 0.1) is 17.1 Å². The normalized spacial score (nSPS) is 24.7. The Morgan fingerprint density at radius 3 is 2.64 bits per heavy atom. The maximum absolute atomic E-state index is 17.8. The highest BCUT2D eigenvalue weighted by molar-refractivity contribution is 7.23. The number of rotatable bonds is 6. The molecule has 0 aliphatic carbocycles. The zero-order valence-corrected chi connectivity index (χ0v) is 31.6. The van der Waals surface area contributed by atoms with E-state index < -0.39 is 35.3 Å². The fourth-order valence-corrected chi connectivity index (χ4v) is 10.6. The number of hydrogen-bond acceptors (Lipinski definition) is 11. The molecule has 9 rings (SSSR count). The van der Waals surface area contributed by atoms with Crippen LogP contribution in [0.25, 0.3) is 32.1 Å². The lowest BCUT2D eigenvalue weighted by Gasteiger charge is -2.41. The molecule has 2 aromatic heterocycles. The van der Waals surface area contributed by atoms with E-state index in [0.29, 0.717) is 50.9 Å². The number of likely N-dealkylation sites (tertiary alicyclic amines) is 1. The van der Waals surface area contributed by atoms with Crippen LogP contribution in [0.3, 0.4) is 0 Å². The summed E-state index contributed by atoms with van der Waals surface area (Å²) in [6.45, 7) is 7.33. The molecule has 4 atom stereocenters. The van der Waals surface area contributed by atoms with Gasteiger partial charge in [-0.3, -0.25) is 10.2 Å². The first-order chi connectivity index (χ1) is 26.3. The van der Waals surface area contributed by atoms with Gasteiger partial charge < -0.3 is 29.1 Å². The van der Waals surface area contributed by atoms with Crippen molar-refractivity contribution in [1.29, 1.82) is 5.26 Å². The zero-order chi connectivity index (χ0) is 38.4. The number of fused-ring (bicyclic) bond motifs is 7. The third-order valence-electron chi connectivity index (χ3n) is 11.7. The number of carbonyl (C=O) groups is 2. The molecule has 2 unspecified atom stereocenters. The van der Waals surface area contributed by atoms with Crippen molar-refractivity contribution in [2.75, 3.05) is 43.0 Å². The van der Waals surface area contributed by atoms with Gasteiger partial charge in [-0.2, -0.15) is 15.2 Å². The number of anilines is 2. The van der Waals surface area contributed by atoms with Crippen LogP contribution in [0.15, 0.2) is 18.2 Å². The molecule has 0 radical (unpaired) electrons. The van der Waals surface area contributed by atoms with Crippen molar-refractivity contribution in [3.63, 3.8) is 0 Å². The molecule has 5 aliphatic rings. The molecule has 2 N–H and O–H groups in total. The van der Waals surface area contributed by atoms with Crippen molar-refractivity contribution in [2.24, 2.45) is 0 Å². The van der Waals surface area contributed by atoms with Gasteiger partial charge in [0.05, 0.1) is 29.7 Å². The lowest BCUT2D eigenvalue weighted by atomic mass is 9.90. The molecule has 5 aliphatic heterocycles. The number of carbonyl (C=O) groups excluding carboxylic acids is 1. The largest absolute Gasteiger partial charge is 0.465 e. The van der Waals surface area contributed by atoms with E-state index in [9.17, 15) is 24.3 Å². The van der Waals surface area contributed by atoms with Crippen LogP contribution in [0.2, 0.25) is 0 Å². The maximum atomic E-state index is 17.8. The lowest BCUT2D eigenvalue weighted by molar-refractivity contribution is 0.0636. The van der Waals surface area contributed by atoms with Gasteiger partial charge in [-0.1, -0.05) is 12.1 Å². The number of alkyl halides is 1. The standard InChI is InChI=1S/C39H41F2N7O6S/c1-38(2,3)54-36(49)45-34-24(13-42)28-23(6-4-7-27(28)55-34)29-25-17-52-18-26(25)30-32(31(29)41)43-35(53-19-39-10-5-11-47(39)14-20(40)12-39)44-33(30)48-21-8-9-22(48)16-46(15-21)37(50)51/h4,6-7,20-22H,5,8-12,14-19H2,1-3H3,(H,45,49)(H,50,51)/t20-,21?,22?,39+/m1/s1. The summed E-state index contributed by atoms with van der Waals surface area (Å²) in [7, 11) is 0. The van der Waals surface area contributed by atoms with Gasteiger partial charge in [-0.25, -0.2) is 18.4 Å². The maximum Gasteiger partial charge on any atom is 0.412 e. The number of nitrogens with zero attached hydrogens (tertiary/aromatic N) is 6. The van der Waals surface area contributed by atoms with Crippen molar-refractivity contribution in [3.05, 3.63) is 40.7 Å². The average molecular weight is 774 g/mol. The molecule has 4 saturated heterocycles. The number of carboxylic acid groups (broad SMARTS) is 1. The highest BCUT2D eigenvalue weighted by Gasteiger charge is 2.50. The fourth-order valence-electron chi connectivity index (χ4n) is 9.52. The monoisotopic (exact) mass is 773 g/mol. The summed E-state index contributed by atoms with van der Waals surface area (Å²) in [6, 6.07) is 7.16. The summed E-state index contributed by atoms with van der Waals surface area (Å²) in [4.78, 5) is 40.2. The Kier molecular flexibility index (Phi) is 8.55. The Labute approximate surface area is 319 Å². The van der Waals surface area contributed by atoms with E-state index >= 15 is 4.39 Å². The van der Waals surface area contributed by atoms with Gasteiger partial charge in [0.25, 0.3) is 0 Å². The van der Waals surface area contributed by atoms with Crippen LogP contribution >= 0.6 is 11.3 Å². The van der Waals surface area contributed by atoms with Crippen LogP contribution in [0.5, 0.6) is 6.01 Å². The third-order valence-corrected chi connectivity index (χ3v) is 12.8. The number of nitriles is 1. The number of ether oxygens (including phenoxy) is 3. The molecule has 0 saturated carbocycles. The molecule has 7 heterocycles. The number of nitrogens with one attached hydrogen (secondary N) is 1. The molecular formula is C39H41F2N7O6S. The van der Waals surface area contributed by atoms with Crippen molar-refractivity contribution in [2.45, 2.75) is 95.5 Å². The first-order valence-corrected chi connectivity index (χ1v) is 19.5. The zero-order valence-electron chi connectivity index (χ0n) is 30.8. The first-order valence-electron chi connectivity index (χ1n) is 18.7. The van der Waals surface area contributed by atoms with Gasteiger partial charge in [-0.15, -0.1) is 11.3 Å². The van der Waals surface area contributed by atoms with E-state index in [-0.39, 0.29) is 72.6 Å². The van der Waals surface area contributed by atoms with E-state index in [1.54, 1.807) is 32.9 Å². The van der Waals surface area contributed by atoms with Gasteiger partial charge in [-0.05, 0) is 75.8 Å². The van der Waals surface area contributed by atoms with Gasteiger partial charge in [0.15, 0.2) is 5.82 Å². The molecule has 288 valence electrons. The number of benzene rings is 2. The molecule has 55 heavy (non-hydrogen) atoms. The molecule has 2 aromatic carbocycles. The fraction of sp³-hybridized carbons (Fsp3) is 0.513. The first kappa shape index (κ1) is 35.8. The molecule has 16 heteroatoms. The van der Waals surface area contributed by atoms with Gasteiger partial charge in [0.2, 0.25) is 0 Å². The quantitative estimate of drug-likeness (QED) is 0.205. The van der Waals surface area contributed by atoms with Gasteiger partial charge in [0, 0.05) is 53.8 Å². The number of piperazine rings is 1. The third kappa shape index (κ3) is 5.98. The molecule has 4 fully saturated rings. The van der Waals surface area contributed by atoms with Crippen LogP contribution in [-0.2, 0) is 22.7 Å². The van der Waals surface area contributed by atoms with E-state index in [4.69, 9.17) is 24.2 Å². The second kappa shape index (κ2) is 13.1. The number of aromatic nitrogens is 2. The van der Waals surface area contributed by atoms with Crippen LogP contribution < -0.4 is 15.0 Å². The second-order valence-corrected chi connectivity index (χ2v) is 17.3. The number of halogens is 2. The molecule has 4 aromatic rings. The Morgan fingerprint density at radius 1 is 1.15 bits per heavy atom. The minimum absolute atomic E-state index is 0.0210. The minimum Gasteiger partial charge on any atom is -0.465 e. The van der Waals surface area contributed by atoms with E-state index in [1.807, 2.05) is 6.07 Å². The molecule has 2 bridgehead atoms. The predicted octanol–water partition coefficient (Wildman–Crippen LogP) is 7.19. The smallest absolute Gasteiger partial charge is 0.412 e. The highest BCUT2D eigenvalue weighted by atomic mass is 32.1. The van der Waals surface area contributed by atoms with Crippen molar-refractivity contribution in [3.8, 4) is 23.2 Å². The number of thiophene rings is 1. The molecular weight excluding hydrogens is 733 g/mol. The van der Waals surface area contributed by atoms with E-state index in [2.05, 4.69) is 21.2 Å². The molecule has 13 nitrogen and oxygen atoms in total. The van der Waals surface area contributed by atoms with Crippen LogP contribution in [0.4, 0.5) is 29.2 Å². The Hall–Kier alpha value is -4.85. The van der Waals surface area contributed by atoms with Crippen molar-refractivity contribution >= 4 is 55.3 Å². The molecule has 2 amide bonds. The Bertz CT molecular complexity index is 2290. The SMILES string of the molecule is CC(C)(C)OC(=O)Nc1sc2cccc(-c3c4c(c5c(N6C7CCC6CN(C(=O)O)C7)nc(OC[C@@]67CCCN6C[C@H](F)C7)nc5c3F)COC4)c2c1C#N. The van der Waals surface area contributed by atoms with Crippen LogP contribution in [-0.4, -0.2) is 99.2 Å². The van der Waals surface area contributed by atoms with Crippen LogP contribution in [0.1, 0.15) is 69.6 Å². The lowest BCUT2D eigenvalue weighted by Crippen LogP contribution is -2.55. The molecule has 0 spiro atoms. The number of amides is 2. The van der Waals surface area contributed by atoms with Crippen molar-refractivity contribution < 1.29 is 37.7 Å². The summed E-state index contributed by atoms with van der Waals surface area (Å²) in [5.74, 6) is -0.172. The summed E-state index contributed by atoms with van der Waals surface area (Å²) in [5, 5.41) is 24.3. The van der Waals surface area contributed by atoms with Gasteiger partial charge >= 0.3 is 18.2 Å². The predicted molar refractivity (Wildman–Crippen MR) is 201 cm³/mol. The number of hydrogen-bond donors (Lipinski definition) is 2. The van der Waals surface area contributed by atoms with E-state index in [0.717, 1.165) is 32.2 Å². The second-order valence-electron chi connectivity index (χ2n) is 16.3. The Morgan fingerprint density at radius 2 is 1.91 bits per heavy atom. The van der Waals surface area contributed by atoms with E-state index in [1.165, 1.54) is 16.2 Å². The highest BCUT2D eigenvalue weighted by Crippen LogP contribution is 2.49.